The van der Waals surface area contributed by atoms with E-state index >= 15 is 0 Å². The van der Waals surface area contributed by atoms with Crippen LogP contribution in [0.1, 0.15) is 11.1 Å². The average Bonchev–Trinajstić information content (AvgIpc) is 2.84. The van der Waals surface area contributed by atoms with Gasteiger partial charge in [0.15, 0.2) is 0 Å². The van der Waals surface area contributed by atoms with Crippen molar-refractivity contribution in [3.63, 3.8) is 0 Å². The fourth-order valence-electron chi connectivity index (χ4n) is 3.58. The van der Waals surface area contributed by atoms with Crippen LogP contribution < -0.4 is 10.6 Å². The Hall–Kier alpha value is -2.57. The lowest BCUT2D eigenvalue weighted by atomic mass is 9.96. The van der Waals surface area contributed by atoms with Gasteiger partial charge in [-0.05, 0) is 48.0 Å². The Balaban J connectivity index is 1.78. The molecule has 2 aliphatic rings. The Bertz CT molecular complexity index is 1160. The number of hydrogen-bond donors (Lipinski definition) is 2. The van der Waals surface area contributed by atoms with E-state index in [2.05, 4.69) is 26.6 Å². The number of amides is 1. The molecule has 5 rings (SSSR count). The van der Waals surface area contributed by atoms with Crippen molar-refractivity contribution < 1.29 is 9.18 Å². The first-order chi connectivity index (χ1) is 13.5. The molecular weight excluding hydrogens is 439 g/mol. The first-order valence-electron chi connectivity index (χ1n) is 8.70. The van der Waals surface area contributed by atoms with Crippen LogP contribution >= 0.6 is 27.7 Å². The van der Waals surface area contributed by atoms with Crippen molar-refractivity contribution in [3.05, 3.63) is 94.2 Å². The molecule has 1 spiro atoms. The third-order valence-corrected chi connectivity index (χ3v) is 6.78. The molecule has 138 valence electrons. The van der Waals surface area contributed by atoms with Gasteiger partial charge in [0.1, 0.15) is 10.6 Å². The van der Waals surface area contributed by atoms with Crippen LogP contribution in [0, 0.1) is 5.82 Å². The predicted octanol–water partition coefficient (Wildman–Crippen LogP) is 5.99. The summed E-state index contributed by atoms with van der Waals surface area (Å²) in [6.07, 6.45) is 1.94. The number of carbonyl (C=O) groups is 1. The van der Waals surface area contributed by atoms with Crippen LogP contribution in [0.2, 0.25) is 0 Å². The zero-order chi connectivity index (χ0) is 19.3. The van der Waals surface area contributed by atoms with Crippen molar-refractivity contribution >= 4 is 50.7 Å². The Kier molecular flexibility index (Phi) is 4.07. The van der Waals surface area contributed by atoms with Gasteiger partial charge in [-0.3, -0.25) is 4.79 Å². The molecule has 3 nitrogen and oxygen atoms in total. The van der Waals surface area contributed by atoms with E-state index in [1.807, 2.05) is 54.6 Å². The fourth-order valence-corrected chi connectivity index (χ4v) is 5.34. The number of para-hydroxylation sites is 1. The van der Waals surface area contributed by atoms with E-state index in [0.29, 0.717) is 4.90 Å². The van der Waals surface area contributed by atoms with Crippen molar-refractivity contribution in [2.24, 2.45) is 0 Å². The maximum atomic E-state index is 14.0. The predicted molar refractivity (Wildman–Crippen MR) is 115 cm³/mol. The van der Waals surface area contributed by atoms with Crippen LogP contribution in [0.25, 0.3) is 5.70 Å². The summed E-state index contributed by atoms with van der Waals surface area (Å²) in [5.41, 5.74) is 4.16. The number of halogens is 2. The topological polar surface area (TPSA) is 41.1 Å². The van der Waals surface area contributed by atoms with Crippen molar-refractivity contribution in [2.75, 3.05) is 10.6 Å². The highest BCUT2D eigenvalue weighted by molar-refractivity contribution is 9.10. The molecule has 0 radical (unpaired) electrons. The lowest BCUT2D eigenvalue weighted by molar-refractivity contribution is -0.116. The molecule has 3 aromatic rings. The minimum atomic E-state index is -0.986. The number of nitrogens with one attached hydrogen (secondary N) is 2. The van der Waals surface area contributed by atoms with Gasteiger partial charge in [-0.2, -0.15) is 0 Å². The SMILES string of the molecule is O=C1Nc2ccccc2C12C=C(c1cccc(Br)c1)Nc1ccc(F)cc1S2. The molecule has 2 heterocycles. The van der Waals surface area contributed by atoms with Gasteiger partial charge in [0.25, 0.3) is 0 Å². The van der Waals surface area contributed by atoms with Gasteiger partial charge in [-0.1, -0.05) is 58.0 Å². The standard InChI is InChI=1S/C22H14BrFN2OS/c23-14-5-3-4-13(10-14)19-12-22(16-6-1-2-7-17(16)26-21(22)27)28-20-11-15(24)8-9-18(20)25-19/h1-12,25H,(H,26,27). The lowest BCUT2D eigenvalue weighted by Gasteiger charge is -2.22. The van der Waals surface area contributed by atoms with Gasteiger partial charge in [-0.25, -0.2) is 4.39 Å². The summed E-state index contributed by atoms with van der Waals surface area (Å²) < 4.78 is 14.0. The van der Waals surface area contributed by atoms with Crippen molar-refractivity contribution in [1.29, 1.82) is 0 Å². The molecule has 0 bridgehead atoms. The van der Waals surface area contributed by atoms with Crippen LogP contribution in [-0.2, 0) is 9.54 Å². The molecule has 1 unspecified atom stereocenters. The maximum Gasteiger partial charge on any atom is 0.249 e. The highest BCUT2D eigenvalue weighted by atomic mass is 79.9. The van der Waals surface area contributed by atoms with Crippen LogP contribution in [0.15, 0.2) is 82.2 Å². The summed E-state index contributed by atoms with van der Waals surface area (Å²) in [6, 6.07) is 20.1. The number of carbonyl (C=O) groups excluding carboxylic acids is 1. The van der Waals surface area contributed by atoms with Crippen molar-refractivity contribution in [3.8, 4) is 0 Å². The van der Waals surface area contributed by atoms with Crippen molar-refractivity contribution in [1.82, 2.24) is 0 Å². The molecule has 0 aliphatic carbocycles. The second-order valence-corrected chi connectivity index (χ2v) is 8.87. The molecular formula is C22H14BrFN2OS. The summed E-state index contributed by atoms with van der Waals surface area (Å²) in [4.78, 5) is 13.9. The number of rotatable bonds is 1. The maximum absolute atomic E-state index is 14.0. The van der Waals surface area contributed by atoms with Gasteiger partial charge in [0.2, 0.25) is 5.91 Å². The smallest absolute Gasteiger partial charge is 0.249 e. The Morgan fingerprint density at radius 2 is 1.79 bits per heavy atom. The number of anilines is 2. The molecule has 2 N–H and O–H groups in total. The molecule has 2 aliphatic heterocycles. The molecule has 0 fully saturated rings. The number of hydrogen-bond acceptors (Lipinski definition) is 3. The summed E-state index contributed by atoms with van der Waals surface area (Å²) in [7, 11) is 0. The first-order valence-corrected chi connectivity index (χ1v) is 10.3. The summed E-state index contributed by atoms with van der Waals surface area (Å²) in [6.45, 7) is 0. The van der Waals surface area contributed by atoms with E-state index in [9.17, 15) is 9.18 Å². The highest BCUT2D eigenvalue weighted by Crippen LogP contribution is 2.54. The van der Waals surface area contributed by atoms with E-state index in [0.717, 1.165) is 32.7 Å². The molecule has 1 atom stereocenters. The molecule has 3 aromatic carbocycles. The molecule has 6 heteroatoms. The molecule has 0 saturated heterocycles. The van der Waals surface area contributed by atoms with Crippen molar-refractivity contribution in [2.45, 2.75) is 9.64 Å². The zero-order valence-corrected chi connectivity index (χ0v) is 16.9. The molecule has 0 aromatic heterocycles. The van der Waals surface area contributed by atoms with Crippen LogP contribution in [0.5, 0.6) is 0 Å². The second-order valence-electron chi connectivity index (χ2n) is 6.67. The first kappa shape index (κ1) is 17.5. The monoisotopic (exact) mass is 452 g/mol. The van der Waals surface area contributed by atoms with Gasteiger partial charge in [0.05, 0.1) is 5.69 Å². The summed E-state index contributed by atoms with van der Waals surface area (Å²) in [5.74, 6) is -0.467. The van der Waals surface area contributed by atoms with Gasteiger partial charge in [-0.15, -0.1) is 0 Å². The molecule has 1 amide bonds. The Morgan fingerprint density at radius 1 is 0.929 bits per heavy atom. The summed E-state index contributed by atoms with van der Waals surface area (Å²) in [5, 5.41) is 6.38. The third-order valence-electron chi connectivity index (χ3n) is 4.88. The molecule has 0 saturated carbocycles. The largest absolute Gasteiger partial charge is 0.354 e. The number of fused-ring (bicyclic) bond motifs is 3. The molecule has 28 heavy (non-hydrogen) atoms. The minimum absolute atomic E-state index is 0.134. The van der Waals surface area contributed by atoms with Gasteiger partial charge in [0, 0.05) is 26.3 Å². The fraction of sp³-hybridized carbons (Fsp3) is 0.0455. The van der Waals surface area contributed by atoms with E-state index < -0.39 is 4.75 Å². The van der Waals surface area contributed by atoms with E-state index in [1.54, 1.807) is 6.07 Å². The Labute approximate surface area is 174 Å². The number of thioether (sulfide) groups is 1. The zero-order valence-electron chi connectivity index (χ0n) is 14.5. The third kappa shape index (κ3) is 2.75. The van der Waals surface area contributed by atoms with E-state index in [4.69, 9.17) is 0 Å². The average molecular weight is 453 g/mol. The van der Waals surface area contributed by atoms with Crippen LogP contribution in [-0.4, -0.2) is 5.91 Å². The number of benzene rings is 3. The quantitative estimate of drug-likeness (QED) is 0.475. The van der Waals surface area contributed by atoms with Gasteiger partial charge < -0.3 is 10.6 Å². The van der Waals surface area contributed by atoms with E-state index in [-0.39, 0.29) is 11.7 Å². The minimum Gasteiger partial charge on any atom is -0.354 e. The summed E-state index contributed by atoms with van der Waals surface area (Å²) >= 11 is 4.87. The Morgan fingerprint density at radius 3 is 2.64 bits per heavy atom. The lowest BCUT2D eigenvalue weighted by Crippen LogP contribution is -2.29. The van der Waals surface area contributed by atoms with Crippen LogP contribution in [0.3, 0.4) is 0 Å². The van der Waals surface area contributed by atoms with Gasteiger partial charge >= 0.3 is 0 Å². The van der Waals surface area contributed by atoms with Crippen LogP contribution in [0.4, 0.5) is 15.8 Å². The normalized spacial score (nSPS) is 19.9. The second kappa shape index (κ2) is 6.50. The van der Waals surface area contributed by atoms with E-state index in [1.165, 1.54) is 23.9 Å². The highest BCUT2D eigenvalue weighted by Gasteiger charge is 2.48.